The van der Waals surface area contributed by atoms with E-state index < -0.39 is 10.0 Å². The molecule has 3 N–H and O–H groups in total. The molecule has 0 radical (unpaired) electrons. The van der Waals surface area contributed by atoms with Crippen molar-refractivity contribution in [2.45, 2.75) is 43.7 Å². The average molecular weight is 429 g/mol. The van der Waals surface area contributed by atoms with E-state index in [1.165, 1.54) is 13.0 Å². The van der Waals surface area contributed by atoms with Gasteiger partial charge >= 0.3 is 0 Å². The molecule has 1 aliphatic heterocycles. The third-order valence-electron chi connectivity index (χ3n) is 4.69. The maximum atomic E-state index is 13.2. The van der Waals surface area contributed by atoms with Crippen molar-refractivity contribution in [3.05, 3.63) is 47.7 Å². The van der Waals surface area contributed by atoms with Crippen molar-refractivity contribution in [1.82, 2.24) is 15.2 Å². The van der Waals surface area contributed by atoms with Gasteiger partial charge in [-0.2, -0.15) is 0 Å². The summed E-state index contributed by atoms with van der Waals surface area (Å²) >= 11 is 0. The maximum absolute atomic E-state index is 13.2. The third kappa shape index (κ3) is 5.32. The Labute approximate surface area is 171 Å². The summed E-state index contributed by atoms with van der Waals surface area (Å²) in [5.41, 5.74) is 0.762. The minimum atomic E-state index is -3.95. The second-order valence-electron chi connectivity index (χ2n) is 6.66. The van der Waals surface area contributed by atoms with Crippen LogP contribution in [0.5, 0.6) is 0 Å². The molecule has 28 heavy (non-hydrogen) atoms. The molecule has 0 aromatic carbocycles. The van der Waals surface area contributed by atoms with Gasteiger partial charge in [-0.15, -0.1) is 12.4 Å². The highest BCUT2D eigenvalue weighted by atomic mass is 35.5. The Morgan fingerprint density at radius 1 is 1.36 bits per heavy atom. The van der Waals surface area contributed by atoms with Crippen LogP contribution in [0.4, 0.5) is 0 Å². The molecule has 1 unspecified atom stereocenters. The fourth-order valence-electron chi connectivity index (χ4n) is 3.34. The van der Waals surface area contributed by atoms with E-state index in [4.69, 9.17) is 9.56 Å². The Hall–Kier alpha value is -1.94. The smallest absolute Gasteiger partial charge is 0.290 e. The molecule has 1 aliphatic rings. The number of pyridine rings is 1. The molecule has 0 saturated carbocycles. The van der Waals surface area contributed by atoms with Gasteiger partial charge in [0.05, 0.1) is 12.2 Å². The van der Waals surface area contributed by atoms with E-state index in [2.05, 4.69) is 10.3 Å². The first-order chi connectivity index (χ1) is 12.9. The number of nitrogens with two attached hydrogens (primary N) is 1. The number of hydrogen-bond acceptors (Lipinski definition) is 6. The molecule has 2 aromatic heterocycles. The summed E-state index contributed by atoms with van der Waals surface area (Å²) in [7, 11) is -3.95. The molecule has 0 spiro atoms. The molecular formula is C18H25ClN4O4S. The molecule has 1 fully saturated rings. The topological polar surface area (TPSA) is 119 Å². The number of nitrogens with one attached hydrogen (secondary N) is 1. The SMILES string of the molecule is Cc1oc(C(=O)N(Cc2ccccn2)C2CCCNCC2)cc1S(N)(=O)=O.Cl. The summed E-state index contributed by atoms with van der Waals surface area (Å²) in [6.45, 7) is 3.54. The number of sulfonamides is 1. The number of nitrogens with zero attached hydrogens (tertiary/aromatic N) is 2. The number of carbonyl (C=O) groups is 1. The number of carbonyl (C=O) groups excluding carboxylic acids is 1. The van der Waals surface area contributed by atoms with E-state index in [0.29, 0.717) is 6.54 Å². The second kappa shape index (κ2) is 9.51. The predicted molar refractivity (Wildman–Crippen MR) is 107 cm³/mol. The van der Waals surface area contributed by atoms with Crippen molar-refractivity contribution in [2.75, 3.05) is 13.1 Å². The minimum Gasteiger partial charge on any atom is -0.455 e. The Morgan fingerprint density at radius 2 is 2.14 bits per heavy atom. The van der Waals surface area contributed by atoms with Crippen LogP contribution in [0.15, 0.2) is 39.8 Å². The summed E-state index contributed by atoms with van der Waals surface area (Å²) in [5, 5.41) is 8.54. The van der Waals surface area contributed by atoms with Crippen LogP contribution in [-0.4, -0.2) is 43.3 Å². The van der Waals surface area contributed by atoms with Crippen LogP contribution >= 0.6 is 12.4 Å². The average Bonchev–Trinajstić information content (AvgIpc) is 2.85. The van der Waals surface area contributed by atoms with Crippen molar-refractivity contribution in [1.29, 1.82) is 0 Å². The van der Waals surface area contributed by atoms with E-state index in [1.807, 2.05) is 18.2 Å². The van der Waals surface area contributed by atoms with E-state index in [-0.39, 0.29) is 40.8 Å². The van der Waals surface area contributed by atoms with Gasteiger partial charge in [-0.05, 0) is 51.4 Å². The fourth-order valence-corrected chi connectivity index (χ4v) is 4.05. The van der Waals surface area contributed by atoms with E-state index in [1.54, 1.807) is 11.1 Å². The van der Waals surface area contributed by atoms with E-state index in [0.717, 1.165) is 38.0 Å². The molecule has 0 aliphatic carbocycles. The number of hydrogen-bond donors (Lipinski definition) is 2. The van der Waals surface area contributed by atoms with Gasteiger partial charge in [0.15, 0.2) is 5.76 Å². The molecule has 154 valence electrons. The van der Waals surface area contributed by atoms with Crippen molar-refractivity contribution < 1.29 is 17.6 Å². The Kier molecular flexibility index (Phi) is 7.59. The highest BCUT2D eigenvalue weighted by Crippen LogP contribution is 2.24. The van der Waals surface area contributed by atoms with Gasteiger partial charge in [0.25, 0.3) is 5.91 Å². The number of rotatable bonds is 5. The summed E-state index contributed by atoms with van der Waals surface area (Å²) in [4.78, 5) is 19.1. The number of primary sulfonamides is 1. The predicted octanol–water partition coefficient (Wildman–Crippen LogP) is 1.84. The first-order valence-electron chi connectivity index (χ1n) is 8.91. The lowest BCUT2D eigenvalue weighted by Crippen LogP contribution is -2.40. The molecule has 1 amide bonds. The maximum Gasteiger partial charge on any atom is 0.290 e. The number of furan rings is 1. The molecule has 8 nitrogen and oxygen atoms in total. The van der Waals surface area contributed by atoms with Crippen LogP contribution in [0.25, 0.3) is 0 Å². The number of halogens is 1. The molecule has 0 bridgehead atoms. The summed E-state index contributed by atoms with van der Waals surface area (Å²) in [6.07, 6.45) is 4.30. The van der Waals surface area contributed by atoms with Crippen LogP contribution < -0.4 is 10.5 Å². The molecule has 1 atom stereocenters. The van der Waals surface area contributed by atoms with Gasteiger partial charge in [-0.3, -0.25) is 9.78 Å². The zero-order valence-electron chi connectivity index (χ0n) is 15.6. The van der Waals surface area contributed by atoms with Crippen LogP contribution in [0.2, 0.25) is 0 Å². The highest BCUT2D eigenvalue weighted by molar-refractivity contribution is 7.89. The van der Waals surface area contributed by atoms with Gasteiger partial charge in [-0.25, -0.2) is 13.6 Å². The summed E-state index contributed by atoms with van der Waals surface area (Å²) < 4.78 is 28.8. The molecule has 2 aromatic rings. The quantitative estimate of drug-likeness (QED) is 0.749. The lowest BCUT2D eigenvalue weighted by Gasteiger charge is -2.30. The number of aromatic nitrogens is 1. The zero-order chi connectivity index (χ0) is 19.4. The number of aryl methyl sites for hydroxylation is 1. The van der Waals surface area contributed by atoms with Gasteiger partial charge in [-0.1, -0.05) is 6.07 Å². The van der Waals surface area contributed by atoms with E-state index >= 15 is 0 Å². The highest BCUT2D eigenvalue weighted by Gasteiger charge is 2.30. The monoisotopic (exact) mass is 428 g/mol. The standard InChI is InChI=1S/C18H24N4O4S.ClH/c1-13-17(27(19,24)25)11-16(26-13)18(23)22(12-14-5-2-3-9-21-14)15-6-4-8-20-10-7-15;/h2-3,5,9,11,15,20H,4,6-8,10,12H2,1H3,(H2,19,24,25);1H. The van der Waals surface area contributed by atoms with Crippen molar-refractivity contribution >= 4 is 28.3 Å². The summed E-state index contributed by atoms with van der Waals surface area (Å²) in [6, 6.07) is 6.78. The van der Waals surface area contributed by atoms with E-state index in [9.17, 15) is 13.2 Å². The van der Waals surface area contributed by atoms with Crippen molar-refractivity contribution in [2.24, 2.45) is 5.14 Å². The molecule has 1 saturated heterocycles. The molecule has 10 heteroatoms. The fraction of sp³-hybridized carbons (Fsp3) is 0.444. The van der Waals surface area contributed by atoms with Gasteiger partial charge < -0.3 is 14.6 Å². The zero-order valence-corrected chi connectivity index (χ0v) is 17.3. The van der Waals surface area contributed by atoms with Crippen LogP contribution in [0, 0.1) is 6.92 Å². The Bertz CT molecular complexity index is 894. The Morgan fingerprint density at radius 3 is 2.79 bits per heavy atom. The first kappa shape index (κ1) is 22.4. The molecule has 3 rings (SSSR count). The van der Waals surface area contributed by atoms with Crippen LogP contribution in [0.3, 0.4) is 0 Å². The van der Waals surface area contributed by atoms with Crippen molar-refractivity contribution in [3.8, 4) is 0 Å². The van der Waals surface area contributed by atoms with Crippen LogP contribution in [-0.2, 0) is 16.6 Å². The first-order valence-corrected chi connectivity index (χ1v) is 10.5. The third-order valence-corrected chi connectivity index (χ3v) is 5.71. The van der Waals surface area contributed by atoms with Gasteiger partial charge in [0, 0.05) is 18.3 Å². The van der Waals surface area contributed by atoms with Crippen LogP contribution in [0.1, 0.15) is 41.3 Å². The minimum absolute atomic E-state index is 0. The lowest BCUT2D eigenvalue weighted by molar-refractivity contribution is 0.0608. The number of amides is 1. The Balaban J connectivity index is 0.00000280. The largest absolute Gasteiger partial charge is 0.455 e. The summed E-state index contributed by atoms with van der Waals surface area (Å²) in [5.74, 6) is -0.267. The second-order valence-corrected chi connectivity index (χ2v) is 8.19. The van der Waals surface area contributed by atoms with Crippen molar-refractivity contribution in [3.63, 3.8) is 0 Å². The lowest BCUT2D eigenvalue weighted by atomic mass is 10.1. The van der Waals surface area contributed by atoms with Gasteiger partial charge in [0.1, 0.15) is 10.7 Å². The molecule has 3 heterocycles. The molecular weight excluding hydrogens is 404 g/mol. The normalized spacial score (nSPS) is 17.4. The van der Waals surface area contributed by atoms with Gasteiger partial charge in [0.2, 0.25) is 10.0 Å².